The molecule has 3 heteroatoms. The normalized spacial score (nSPS) is 32.4. The lowest BCUT2D eigenvalue weighted by molar-refractivity contribution is -0.108. The van der Waals surface area contributed by atoms with Crippen molar-refractivity contribution in [3.63, 3.8) is 0 Å². The maximum absolute atomic E-state index is 10.9. The van der Waals surface area contributed by atoms with Gasteiger partial charge in [0.25, 0.3) is 0 Å². The maximum Gasteiger partial charge on any atom is 0.120 e. The van der Waals surface area contributed by atoms with Crippen LogP contribution < -0.4 is 5.19 Å². The van der Waals surface area contributed by atoms with Crippen LogP contribution in [0.5, 0.6) is 0 Å². The second kappa shape index (κ2) is 3.97. The minimum atomic E-state index is -1.39. The average Bonchev–Trinajstić information content (AvgIpc) is 2.72. The largest absolute Gasteiger partial charge is 0.303 e. The van der Waals surface area contributed by atoms with Crippen LogP contribution in [0.2, 0.25) is 18.6 Å². The number of hydrogen-bond donors (Lipinski definition) is 0. The van der Waals surface area contributed by atoms with Crippen LogP contribution >= 0.6 is 11.3 Å². The molecular weight excluding hydrogens is 232 g/mol. The van der Waals surface area contributed by atoms with Gasteiger partial charge in [0, 0.05) is 16.7 Å². The van der Waals surface area contributed by atoms with E-state index in [1.54, 1.807) is 5.19 Å². The van der Waals surface area contributed by atoms with Crippen molar-refractivity contribution in [3.05, 3.63) is 29.0 Å². The molecule has 1 aromatic heterocycles. The lowest BCUT2D eigenvalue weighted by Gasteiger charge is -2.26. The van der Waals surface area contributed by atoms with Crippen LogP contribution in [0.1, 0.15) is 18.2 Å². The number of hydrogen-bond acceptors (Lipinski definition) is 2. The van der Waals surface area contributed by atoms with Crippen molar-refractivity contribution in [2.75, 3.05) is 0 Å². The molecule has 0 aliphatic carbocycles. The summed E-state index contributed by atoms with van der Waals surface area (Å²) in [6, 6.07) is 4.61. The van der Waals surface area contributed by atoms with Crippen molar-refractivity contribution in [2.45, 2.75) is 37.4 Å². The molecular formula is C13H18OSSi. The highest BCUT2D eigenvalue weighted by Gasteiger charge is 2.48. The number of thiophene rings is 1. The molecule has 1 nitrogen and oxygen atoms in total. The maximum atomic E-state index is 10.9. The van der Waals surface area contributed by atoms with Crippen molar-refractivity contribution in [3.8, 4) is 0 Å². The third-order valence-electron chi connectivity index (χ3n) is 3.77. The Balaban J connectivity index is 2.46. The molecule has 2 heterocycles. The van der Waals surface area contributed by atoms with Crippen LogP contribution in [0.4, 0.5) is 0 Å². The minimum absolute atomic E-state index is 0.106. The van der Waals surface area contributed by atoms with E-state index in [9.17, 15) is 4.79 Å². The molecule has 0 fully saturated rings. The molecule has 0 radical (unpaired) electrons. The molecule has 0 unspecified atom stereocenters. The summed E-state index contributed by atoms with van der Waals surface area (Å²) in [7, 11) is -1.39. The lowest BCUT2D eigenvalue weighted by Crippen LogP contribution is -2.40. The zero-order valence-corrected chi connectivity index (χ0v) is 11.8. The van der Waals surface area contributed by atoms with Gasteiger partial charge in [-0.2, -0.15) is 0 Å². The van der Waals surface area contributed by atoms with Crippen LogP contribution in [0.3, 0.4) is 0 Å². The van der Waals surface area contributed by atoms with Crippen LogP contribution in [0.25, 0.3) is 0 Å². The van der Waals surface area contributed by atoms with Gasteiger partial charge in [0.05, 0.1) is 8.07 Å². The predicted molar refractivity (Wildman–Crippen MR) is 73.4 cm³/mol. The molecule has 2 rings (SSSR count). The van der Waals surface area contributed by atoms with E-state index in [-0.39, 0.29) is 5.41 Å². The van der Waals surface area contributed by atoms with Gasteiger partial charge in [-0.3, -0.25) is 0 Å². The Labute approximate surface area is 102 Å². The monoisotopic (exact) mass is 250 g/mol. The standard InChI is InChI=1S/C13H18OSSi/c1-4-9-16(3)10-13(2,6-7-14)12-11(16)5-8-15-12/h4-5,7-8H,1,6,9-10H2,2-3H3/t13-,16+/m1/s1. The summed E-state index contributed by atoms with van der Waals surface area (Å²) < 4.78 is 0. The fourth-order valence-electron chi connectivity index (χ4n) is 3.14. The third-order valence-corrected chi connectivity index (χ3v) is 9.64. The Hall–Kier alpha value is -0.673. The van der Waals surface area contributed by atoms with E-state index in [1.165, 1.54) is 10.9 Å². The summed E-state index contributed by atoms with van der Waals surface area (Å²) in [5.74, 6) is 0. The summed E-state index contributed by atoms with van der Waals surface area (Å²) >= 11 is 1.83. The molecule has 1 aliphatic heterocycles. The van der Waals surface area contributed by atoms with Crippen LogP contribution in [0.15, 0.2) is 24.1 Å². The van der Waals surface area contributed by atoms with Crippen molar-refractivity contribution < 1.29 is 4.79 Å². The van der Waals surface area contributed by atoms with Crippen molar-refractivity contribution in [2.24, 2.45) is 0 Å². The SMILES string of the molecule is C=CC[Si@@]1(C)C[C@@](C)(CC=O)c2sccc21. The van der Waals surface area contributed by atoms with Crippen molar-refractivity contribution in [1.29, 1.82) is 0 Å². The topological polar surface area (TPSA) is 17.1 Å². The summed E-state index contributed by atoms with van der Waals surface area (Å²) in [6.07, 6.45) is 3.80. The van der Waals surface area contributed by atoms with E-state index in [0.29, 0.717) is 6.42 Å². The van der Waals surface area contributed by atoms with E-state index in [2.05, 4.69) is 37.6 Å². The number of fused-ring (bicyclic) bond motifs is 1. The first-order valence-corrected chi connectivity index (χ1v) is 9.48. The van der Waals surface area contributed by atoms with Gasteiger partial charge < -0.3 is 4.79 Å². The molecule has 0 bridgehead atoms. The van der Waals surface area contributed by atoms with Gasteiger partial charge in [0.15, 0.2) is 0 Å². The number of carbonyl (C=O) groups excluding carboxylic acids is 1. The number of rotatable bonds is 4. The summed E-state index contributed by atoms with van der Waals surface area (Å²) in [5, 5.41) is 3.75. The summed E-state index contributed by atoms with van der Waals surface area (Å²) in [6.45, 7) is 8.56. The zero-order valence-electron chi connectivity index (χ0n) is 9.95. The molecule has 16 heavy (non-hydrogen) atoms. The molecule has 0 N–H and O–H groups in total. The molecule has 1 aliphatic rings. The predicted octanol–water partition coefficient (Wildman–Crippen LogP) is 3.08. The van der Waals surface area contributed by atoms with Gasteiger partial charge in [-0.05, 0) is 22.7 Å². The highest BCUT2D eigenvalue weighted by molar-refractivity contribution is 7.13. The van der Waals surface area contributed by atoms with Gasteiger partial charge in [0.2, 0.25) is 0 Å². The van der Waals surface area contributed by atoms with Crippen LogP contribution in [0, 0.1) is 0 Å². The summed E-state index contributed by atoms with van der Waals surface area (Å²) in [4.78, 5) is 12.3. The number of aldehydes is 1. The second-order valence-electron chi connectivity index (χ2n) is 5.33. The quantitative estimate of drug-likeness (QED) is 0.456. The number of allylic oxidation sites excluding steroid dienone is 1. The van der Waals surface area contributed by atoms with Gasteiger partial charge in [-0.15, -0.1) is 17.9 Å². The van der Waals surface area contributed by atoms with E-state index in [4.69, 9.17) is 0 Å². The van der Waals surface area contributed by atoms with Crippen LogP contribution in [-0.4, -0.2) is 14.4 Å². The Morgan fingerprint density at radius 3 is 3.06 bits per heavy atom. The first kappa shape index (κ1) is 11.8. The Kier molecular flexibility index (Phi) is 2.93. The molecule has 0 aromatic carbocycles. The van der Waals surface area contributed by atoms with E-state index in [0.717, 1.165) is 12.3 Å². The highest BCUT2D eigenvalue weighted by atomic mass is 32.1. The second-order valence-corrected chi connectivity index (χ2v) is 10.7. The van der Waals surface area contributed by atoms with Gasteiger partial charge >= 0.3 is 0 Å². The highest BCUT2D eigenvalue weighted by Crippen LogP contribution is 2.45. The molecule has 0 saturated heterocycles. The first-order valence-electron chi connectivity index (χ1n) is 5.69. The third kappa shape index (κ3) is 1.62. The average molecular weight is 250 g/mol. The van der Waals surface area contributed by atoms with Crippen molar-refractivity contribution >= 4 is 30.9 Å². The van der Waals surface area contributed by atoms with Crippen LogP contribution in [-0.2, 0) is 10.2 Å². The Bertz CT molecular complexity index is 389. The molecule has 0 amide bonds. The smallest absolute Gasteiger partial charge is 0.120 e. The lowest BCUT2D eigenvalue weighted by atomic mass is 9.88. The number of carbonyl (C=O) groups is 1. The van der Waals surface area contributed by atoms with E-state index >= 15 is 0 Å². The first-order chi connectivity index (χ1) is 7.56. The van der Waals surface area contributed by atoms with E-state index < -0.39 is 8.07 Å². The Morgan fingerprint density at radius 1 is 1.69 bits per heavy atom. The summed E-state index contributed by atoms with van der Waals surface area (Å²) in [5.41, 5.74) is 0.106. The molecule has 2 atom stereocenters. The van der Waals surface area contributed by atoms with Gasteiger partial charge in [0.1, 0.15) is 6.29 Å². The minimum Gasteiger partial charge on any atom is -0.303 e. The molecule has 86 valence electrons. The van der Waals surface area contributed by atoms with Gasteiger partial charge in [-0.25, -0.2) is 0 Å². The van der Waals surface area contributed by atoms with E-state index in [1.807, 2.05) is 11.3 Å². The molecule has 0 spiro atoms. The molecule has 1 aromatic rings. The zero-order chi connectivity index (χ0) is 11.8. The molecule has 0 saturated carbocycles. The van der Waals surface area contributed by atoms with Gasteiger partial charge in [-0.1, -0.05) is 25.6 Å². The fraction of sp³-hybridized carbons (Fsp3) is 0.462. The Morgan fingerprint density at radius 2 is 2.44 bits per heavy atom. The van der Waals surface area contributed by atoms with Crippen molar-refractivity contribution in [1.82, 2.24) is 0 Å². The fourth-order valence-corrected chi connectivity index (χ4v) is 9.85.